The zero-order chi connectivity index (χ0) is 7.82. The SMILES string of the molecule is C=CCNCC(=O)CC=C. The summed E-state index contributed by atoms with van der Waals surface area (Å²) < 4.78 is 0. The number of carbonyl (C=O) groups excluding carboxylic acids is 1. The third-order valence-electron chi connectivity index (χ3n) is 0.983. The molecule has 0 aromatic rings. The van der Waals surface area contributed by atoms with E-state index in [2.05, 4.69) is 18.5 Å². The van der Waals surface area contributed by atoms with Crippen LogP contribution in [0.5, 0.6) is 0 Å². The summed E-state index contributed by atoms with van der Waals surface area (Å²) in [5.74, 6) is 0.164. The monoisotopic (exact) mass is 139 g/mol. The first-order valence-electron chi connectivity index (χ1n) is 3.25. The number of allylic oxidation sites excluding steroid dienone is 1. The summed E-state index contributed by atoms with van der Waals surface area (Å²) in [6.07, 6.45) is 3.78. The van der Waals surface area contributed by atoms with Gasteiger partial charge in [-0.25, -0.2) is 0 Å². The van der Waals surface area contributed by atoms with Crippen molar-refractivity contribution in [2.75, 3.05) is 13.1 Å². The Kier molecular flexibility index (Phi) is 5.68. The van der Waals surface area contributed by atoms with E-state index in [0.29, 0.717) is 19.5 Å². The highest BCUT2D eigenvalue weighted by molar-refractivity contribution is 5.81. The van der Waals surface area contributed by atoms with Gasteiger partial charge in [-0.1, -0.05) is 12.2 Å². The van der Waals surface area contributed by atoms with Crippen molar-refractivity contribution < 1.29 is 4.79 Å². The van der Waals surface area contributed by atoms with Gasteiger partial charge in [-0.3, -0.25) is 4.79 Å². The minimum atomic E-state index is 0.164. The molecule has 0 spiro atoms. The second-order valence-corrected chi connectivity index (χ2v) is 1.95. The Morgan fingerprint density at radius 1 is 1.40 bits per heavy atom. The summed E-state index contributed by atoms with van der Waals surface area (Å²) in [5.41, 5.74) is 0. The molecule has 56 valence electrons. The molecule has 0 aromatic heterocycles. The lowest BCUT2D eigenvalue weighted by Crippen LogP contribution is -2.22. The van der Waals surface area contributed by atoms with Crippen molar-refractivity contribution in [3.05, 3.63) is 25.3 Å². The van der Waals surface area contributed by atoms with E-state index in [0.717, 1.165) is 0 Å². The summed E-state index contributed by atoms with van der Waals surface area (Å²) in [5, 5.41) is 2.90. The molecule has 0 unspecified atom stereocenters. The van der Waals surface area contributed by atoms with Crippen molar-refractivity contribution in [1.82, 2.24) is 5.32 Å². The van der Waals surface area contributed by atoms with Crippen LogP contribution in [0.2, 0.25) is 0 Å². The van der Waals surface area contributed by atoms with Gasteiger partial charge < -0.3 is 5.32 Å². The Balaban J connectivity index is 3.20. The first-order valence-corrected chi connectivity index (χ1v) is 3.25. The molecular weight excluding hydrogens is 126 g/mol. The number of ketones is 1. The van der Waals surface area contributed by atoms with Crippen LogP contribution < -0.4 is 5.32 Å². The highest BCUT2D eigenvalue weighted by Gasteiger charge is 1.94. The zero-order valence-electron chi connectivity index (χ0n) is 6.10. The molecule has 0 aliphatic carbocycles. The molecule has 2 heteroatoms. The number of Topliss-reactive ketones (excluding diaryl/α,β-unsaturated/α-hetero) is 1. The molecule has 2 nitrogen and oxygen atoms in total. The van der Waals surface area contributed by atoms with Crippen molar-refractivity contribution in [1.29, 1.82) is 0 Å². The molecular formula is C8H13NO. The minimum Gasteiger partial charge on any atom is -0.307 e. The summed E-state index contributed by atoms with van der Waals surface area (Å²) in [7, 11) is 0. The highest BCUT2D eigenvalue weighted by Crippen LogP contribution is 1.80. The molecule has 1 N–H and O–H groups in total. The topological polar surface area (TPSA) is 29.1 Å². The van der Waals surface area contributed by atoms with Crippen molar-refractivity contribution in [2.24, 2.45) is 0 Å². The van der Waals surface area contributed by atoms with Crippen molar-refractivity contribution in [3.8, 4) is 0 Å². The normalized spacial score (nSPS) is 8.80. The smallest absolute Gasteiger partial charge is 0.150 e. The summed E-state index contributed by atoms with van der Waals surface area (Å²) in [4.78, 5) is 10.7. The molecule has 0 saturated heterocycles. The molecule has 10 heavy (non-hydrogen) atoms. The van der Waals surface area contributed by atoms with Crippen molar-refractivity contribution in [2.45, 2.75) is 6.42 Å². The van der Waals surface area contributed by atoms with E-state index in [9.17, 15) is 4.79 Å². The number of hydrogen-bond donors (Lipinski definition) is 1. The van der Waals surface area contributed by atoms with E-state index in [1.54, 1.807) is 12.2 Å². The van der Waals surface area contributed by atoms with E-state index in [-0.39, 0.29) is 5.78 Å². The van der Waals surface area contributed by atoms with E-state index >= 15 is 0 Å². The molecule has 0 atom stereocenters. The average molecular weight is 139 g/mol. The minimum absolute atomic E-state index is 0.164. The molecule has 0 fully saturated rings. The van der Waals surface area contributed by atoms with E-state index < -0.39 is 0 Å². The Morgan fingerprint density at radius 3 is 2.60 bits per heavy atom. The van der Waals surface area contributed by atoms with Gasteiger partial charge in [0.2, 0.25) is 0 Å². The maximum absolute atomic E-state index is 10.7. The van der Waals surface area contributed by atoms with Gasteiger partial charge in [0.25, 0.3) is 0 Å². The fourth-order valence-corrected chi connectivity index (χ4v) is 0.547. The maximum atomic E-state index is 10.7. The zero-order valence-corrected chi connectivity index (χ0v) is 6.10. The third-order valence-corrected chi connectivity index (χ3v) is 0.983. The van der Waals surface area contributed by atoms with Gasteiger partial charge in [0.1, 0.15) is 5.78 Å². The number of nitrogens with one attached hydrogen (secondary N) is 1. The Hall–Kier alpha value is -0.890. The predicted octanol–water partition coefficient (Wildman–Crippen LogP) is 0.907. The van der Waals surface area contributed by atoms with E-state index in [1.165, 1.54) is 0 Å². The molecule has 0 aromatic carbocycles. The average Bonchev–Trinajstić information content (AvgIpc) is 1.89. The lowest BCUT2D eigenvalue weighted by atomic mass is 10.3. The second kappa shape index (κ2) is 6.23. The highest BCUT2D eigenvalue weighted by atomic mass is 16.1. The summed E-state index contributed by atoms with van der Waals surface area (Å²) in [6, 6.07) is 0. The van der Waals surface area contributed by atoms with Crippen LogP contribution in [0.15, 0.2) is 25.3 Å². The molecule has 0 aliphatic heterocycles. The Labute approximate surface area is 61.6 Å². The molecule has 0 saturated carbocycles. The maximum Gasteiger partial charge on any atom is 0.150 e. The largest absolute Gasteiger partial charge is 0.307 e. The van der Waals surface area contributed by atoms with Crippen LogP contribution in [0, 0.1) is 0 Å². The van der Waals surface area contributed by atoms with E-state index in [1.807, 2.05) is 0 Å². The lowest BCUT2D eigenvalue weighted by molar-refractivity contribution is -0.117. The second-order valence-electron chi connectivity index (χ2n) is 1.95. The van der Waals surface area contributed by atoms with Crippen LogP contribution in [0.4, 0.5) is 0 Å². The van der Waals surface area contributed by atoms with E-state index in [4.69, 9.17) is 0 Å². The molecule has 0 amide bonds. The number of carbonyl (C=O) groups is 1. The number of rotatable bonds is 6. The van der Waals surface area contributed by atoms with Crippen LogP contribution >= 0.6 is 0 Å². The fourth-order valence-electron chi connectivity index (χ4n) is 0.547. The van der Waals surface area contributed by atoms with Gasteiger partial charge in [-0.15, -0.1) is 13.2 Å². The molecule has 0 rings (SSSR count). The summed E-state index contributed by atoms with van der Waals surface area (Å²) >= 11 is 0. The van der Waals surface area contributed by atoms with Crippen LogP contribution in [0.25, 0.3) is 0 Å². The lowest BCUT2D eigenvalue weighted by Gasteiger charge is -1.96. The van der Waals surface area contributed by atoms with Gasteiger partial charge in [-0.05, 0) is 0 Å². The molecule has 0 heterocycles. The third kappa shape index (κ3) is 5.25. The fraction of sp³-hybridized carbons (Fsp3) is 0.375. The summed E-state index contributed by atoms with van der Waals surface area (Å²) in [6.45, 7) is 8.07. The molecule has 0 aliphatic rings. The Morgan fingerprint density at radius 2 is 2.10 bits per heavy atom. The van der Waals surface area contributed by atoms with Crippen LogP contribution in [0.1, 0.15) is 6.42 Å². The van der Waals surface area contributed by atoms with Gasteiger partial charge in [0.05, 0.1) is 6.54 Å². The predicted molar refractivity (Wildman–Crippen MR) is 42.9 cm³/mol. The van der Waals surface area contributed by atoms with Gasteiger partial charge in [-0.2, -0.15) is 0 Å². The van der Waals surface area contributed by atoms with Crippen LogP contribution in [0.3, 0.4) is 0 Å². The standard InChI is InChI=1S/C8H13NO/c1-3-5-8(10)7-9-6-4-2/h3-4,9H,1-2,5-7H2. The molecule has 0 bridgehead atoms. The van der Waals surface area contributed by atoms with Crippen LogP contribution in [-0.2, 0) is 4.79 Å². The quantitative estimate of drug-likeness (QED) is 0.437. The van der Waals surface area contributed by atoms with Gasteiger partial charge in [0.15, 0.2) is 0 Å². The first-order chi connectivity index (χ1) is 4.81. The number of hydrogen-bond acceptors (Lipinski definition) is 2. The van der Waals surface area contributed by atoms with Crippen molar-refractivity contribution in [3.63, 3.8) is 0 Å². The molecule has 0 radical (unpaired) electrons. The van der Waals surface area contributed by atoms with Gasteiger partial charge in [0, 0.05) is 13.0 Å². The van der Waals surface area contributed by atoms with Crippen molar-refractivity contribution >= 4 is 5.78 Å². The first kappa shape index (κ1) is 9.11. The van der Waals surface area contributed by atoms with Crippen LogP contribution in [-0.4, -0.2) is 18.9 Å². The Bertz CT molecular complexity index is 129. The van der Waals surface area contributed by atoms with Gasteiger partial charge >= 0.3 is 0 Å².